The van der Waals surface area contributed by atoms with Crippen LogP contribution in [0.25, 0.3) is 0 Å². The van der Waals surface area contributed by atoms with Crippen molar-refractivity contribution in [1.82, 2.24) is 9.88 Å². The SMILES string of the molecule is COCC(O)CN(C)C(=O)c1cnc(C)s1. The van der Waals surface area contributed by atoms with Crippen LogP contribution >= 0.6 is 11.3 Å². The molecule has 1 amide bonds. The van der Waals surface area contributed by atoms with E-state index in [-0.39, 0.29) is 19.1 Å². The Morgan fingerprint density at radius 3 is 2.94 bits per heavy atom. The van der Waals surface area contributed by atoms with Crippen LogP contribution in [0.2, 0.25) is 0 Å². The number of aliphatic hydroxyl groups is 1. The second kappa shape index (κ2) is 5.93. The van der Waals surface area contributed by atoms with Gasteiger partial charge in [-0.1, -0.05) is 0 Å². The molecule has 6 heteroatoms. The van der Waals surface area contributed by atoms with Crippen LogP contribution < -0.4 is 0 Å². The molecule has 1 atom stereocenters. The maximum absolute atomic E-state index is 11.8. The lowest BCUT2D eigenvalue weighted by Gasteiger charge is -2.19. The van der Waals surface area contributed by atoms with Crippen molar-refractivity contribution in [1.29, 1.82) is 0 Å². The van der Waals surface area contributed by atoms with Gasteiger partial charge in [0.05, 0.1) is 23.9 Å². The molecule has 1 heterocycles. The predicted molar refractivity (Wildman–Crippen MR) is 61.7 cm³/mol. The highest BCUT2D eigenvalue weighted by Crippen LogP contribution is 2.13. The van der Waals surface area contributed by atoms with Gasteiger partial charge in [-0.25, -0.2) is 4.98 Å². The molecule has 90 valence electrons. The number of hydrogen-bond donors (Lipinski definition) is 1. The number of nitrogens with zero attached hydrogens (tertiary/aromatic N) is 2. The first-order chi connectivity index (χ1) is 7.54. The first kappa shape index (κ1) is 13.1. The summed E-state index contributed by atoms with van der Waals surface area (Å²) in [6, 6.07) is 0. The van der Waals surface area contributed by atoms with E-state index in [2.05, 4.69) is 4.98 Å². The minimum atomic E-state index is -0.659. The highest BCUT2D eigenvalue weighted by Gasteiger charge is 2.17. The van der Waals surface area contributed by atoms with Crippen LogP contribution in [0.15, 0.2) is 6.20 Å². The van der Waals surface area contributed by atoms with E-state index in [0.717, 1.165) is 5.01 Å². The summed E-state index contributed by atoms with van der Waals surface area (Å²) in [6.07, 6.45) is 0.898. The number of amides is 1. The number of aliphatic hydroxyl groups excluding tert-OH is 1. The molecule has 0 fully saturated rings. The first-order valence-corrected chi connectivity index (χ1v) is 5.71. The molecule has 1 N–H and O–H groups in total. The van der Waals surface area contributed by atoms with Crippen LogP contribution in [0.5, 0.6) is 0 Å². The van der Waals surface area contributed by atoms with E-state index in [0.29, 0.717) is 4.88 Å². The Balaban J connectivity index is 2.54. The summed E-state index contributed by atoms with van der Waals surface area (Å²) in [4.78, 5) is 17.9. The molecule has 1 aromatic rings. The summed E-state index contributed by atoms with van der Waals surface area (Å²) in [5, 5.41) is 10.3. The second-order valence-corrected chi connectivity index (χ2v) is 4.77. The quantitative estimate of drug-likeness (QED) is 0.820. The smallest absolute Gasteiger partial charge is 0.265 e. The van der Waals surface area contributed by atoms with E-state index < -0.39 is 6.10 Å². The van der Waals surface area contributed by atoms with E-state index in [4.69, 9.17) is 4.74 Å². The number of carbonyl (C=O) groups is 1. The summed E-state index contributed by atoms with van der Waals surface area (Å²) < 4.78 is 4.80. The van der Waals surface area contributed by atoms with Crippen molar-refractivity contribution in [3.8, 4) is 0 Å². The third kappa shape index (κ3) is 3.55. The molecule has 5 nitrogen and oxygen atoms in total. The van der Waals surface area contributed by atoms with Gasteiger partial charge in [-0.2, -0.15) is 0 Å². The first-order valence-electron chi connectivity index (χ1n) is 4.89. The van der Waals surface area contributed by atoms with Crippen molar-refractivity contribution in [2.45, 2.75) is 13.0 Å². The van der Waals surface area contributed by atoms with Crippen molar-refractivity contribution in [2.24, 2.45) is 0 Å². The molecule has 1 rings (SSSR count). The van der Waals surface area contributed by atoms with Gasteiger partial charge in [-0.05, 0) is 6.92 Å². The third-order valence-electron chi connectivity index (χ3n) is 2.02. The van der Waals surface area contributed by atoms with E-state index in [9.17, 15) is 9.90 Å². The zero-order chi connectivity index (χ0) is 12.1. The topological polar surface area (TPSA) is 62.7 Å². The van der Waals surface area contributed by atoms with Crippen molar-refractivity contribution >= 4 is 17.2 Å². The minimum absolute atomic E-state index is 0.124. The molecule has 0 aliphatic rings. The number of thiazole rings is 1. The molecule has 16 heavy (non-hydrogen) atoms. The van der Waals surface area contributed by atoms with Gasteiger partial charge in [0, 0.05) is 20.7 Å². The van der Waals surface area contributed by atoms with Crippen LogP contribution in [-0.4, -0.2) is 54.3 Å². The Morgan fingerprint density at radius 2 is 2.44 bits per heavy atom. The standard InChI is InChI=1S/C10H16N2O3S/c1-7-11-4-9(16-7)10(14)12(2)5-8(13)6-15-3/h4,8,13H,5-6H2,1-3H3. The molecular weight excluding hydrogens is 228 g/mol. The van der Waals surface area contributed by atoms with Gasteiger partial charge in [0.2, 0.25) is 0 Å². The highest BCUT2D eigenvalue weighted by atomic mass is 32.1. The van der Waals surface area contributed by atoms with Gasteiger partial charge in [0.15, 0.2) is 0 Å². The molecule has 0 bridgehead atoms. The number of aryl methyl sites for hydroxylation is 1. The molecule has 0 aliphatic heterocycles. The fourth-order valence-corrected chi connectivity index (χ4v) is 2.06. The van der Waals surface area contributed by atoms with Gasteiger partial charge >= 0.3 is 0 Å². The number of hydrogen-bond acceptors (Lipinski definition) is 5. The number of rotatable bonds is 5. The van der Waals surface area contributed by atoms with E-state index in [1.54, 1.807) is 13.2 Å². The summed E-state index contributed by atoms with van der Waals surface area (Å²) >= 11 is 1.35. The molecule has 1 unspecified atom stereocenters. The summed E-state index contributed by atoms with van der Waals surface area (Å²) in [5.74, 6) is -0.124. The zero-order valence-corrected chi connectivity index (χ0v) is 10.5. The monoisotopic (exact) mass is 244 g/mol. The lowest BCUT2D eigenvalue weighted by Crippen LogP contribution is -2.35. The zero-order valence-electron chi connectivity index (χ0n) is 9.64. The number of likely N-dealkylation sites (N-methyl/N-ethyl adjacent to an activating group) is 1. The van der Waals surface area contributed by atoms with Crippen LogP contribution in [0, 0.1) is 6.92 Å². The Bertz CT molecular complexity index is 354. The fraction of sp³-hybridized carbons (Fsp3) is 0.600. The van der Waals surface area contributed by atoms with Gasteiger partial charge < -0.3 is 14.7 Å². The van der Waals surface area contributed by atoms with E-state index >= 15 is 0 Å². The molecule has 0 spiro atoms. The van der Waals surface area contributed by atoms with Gasteiger partial charge in [-0.15, -0.1) is 11.3 Å². The van der Waals surface area contributed by atoms with Gasteiger partial charge in [0.25, 0.3) is 5.91 Å². The molecule has 0 radical (unpaired) electrons. The molecule has 0 saturated heterocycles. The Morgan fingerprint density at radius 1 is 1.75 bits per heavy atom. The number of carbonyl (C=O) groups excluding carboxylic acids is 1. The molecule has 0 saturated carbocycles. The van der Waals surface area contributed by atoms with Crippen molar-refractivity contribution in [3.05, 3.63) is 16.1 Å². The van der Waals surface area contributed by atoms with Crippen LogP contribution in [0.1, 0.15) is 14.7 Å². The van der Waals surface area contributed by atoms with E-state index in [1.165, 1.54) is 23.3 Å². The summed E-state index contributed by atoms with van der Waals surface area (Å²) in [7, 11) is 3.16. The summed E-state index contributed by atoms with van der Waals surface area (Å²) in [5.41, 5.74) is 0. The van der Waals surface area contributed by atoms with Crippen molar-refractivity contribution in [3.63, 3.8) is 0 Å². The van der Waals surface area contributed by atoms with Crippen molar-refractivity contribution in [2.75, 3.05) is 27.3 Å². The number of ether oxygens (including phenoxy) is 1. The molecular formula is C10H16N2O3S. The van der Waals surface area contributed by atoms with Gasteiger partial charge in [0.1, 0.15) is 4.88 Å². The normalized spacial score (nSPS) is 12.5. The average molecular weight is 244 g/mol. The molecule has 1 aromatic heterocycles. The second-order valence-electron chi connectivity index (χ2n) is 3.54. The highest BCUT2D eigenvalue weighted by molar-refractivity contribution is 7.13. The number of methoxy groups -OCH3 is 1. The molecule has 0 aromatic carbocycles. The van der Waals surface area contributed by atoms with Crippen LogP contribution in [-0.2, 0) is 4.74 Å². The van der Waals surface area contributed by atoms with Crippen molar-refractivity contribution < 1.29 is 14.6 Å². The minimum Gasteiger partial charge on any atom is -0.389 e. The Kier molecular flexibility index (Phi) is 4.85. The predicted octanol–water partition coefficient (Wildman–Crippen LogP) is 0.531. The van der Waals surface area contributed by atoms with Gasteiger partial charge in [-0.3, -0.25) is 4.79 Å². The largest absolute Gasteiger partial charge is 0.389 e. The number of aromatic nitrogens is 1. The van der Waals surface area contributed by atoms with Crippen LogP contribution in [0.3, 0.4) is 0 Å². The summed E-state index contributed by atoms with van der Waals surface area (Å²) in [6.45, 7) is 2.32. The maximum Gasteiger partial charge on any atom is 0.265 e. The van der Waals surface area contributed by atoms with Crippen LogP contribution in [0.4, 0.5) is 0 Å². The average Bonchev–Trinajstić information content (AvgIpc) is 2.64. The fourth-order valence-electron chi connectivity index (χ4n) is 1.29. The third-order valence-corrected chi connectivity index (χ3v) is 2.92. The lowest BCUT2D eigenvalue weighted by molar-refractivity contribution is 0.0382. The van der Waals surface area contributed by atoms with E-state index in [1.807, 2.05) is 6.92 Å². The Hall–Kier alpha value is -0.980. The Labute approximate surface area is 98.7 Å². The molecule has 0 aliphatic carbocycles. The lowest BCUT2D eigenvalue weighted by atomic mass is 10.3. The maximum atomic E-state index is 11.8.